The summed E-state index contributed by atoms with van der Waals surface area (Å²) >= 11 is 0. The highest BCUT2D eigenvalue weighted by Crippen LogP contribution is 2.66. The molecule has 0 aromatic rings. The number of esters is 2. The van der Waals surface area contributed by atoms with Gasteiger partial charge in [-0.15, -0.1) is 0 Å². The summed E-state index contributed by atoms with van der Waals surface area (Å²) in [5.74, 6) is 0.983. The molecule has 190 valence electrons. The van der Waals surface area contributed by atoms with E-state index in [9.17, 15) is 19.2 Å². The molecule has 2 unspecified atom stereocenters. The Bertz CT molecular complexity index is 850. The van der Waals surface area contributed by atoms with Crippen molar-refractivity contribution in [3.63, 3.8) is 0 Å². The van der Waals surface area contributed by atoms with E-state index in [1.165, 1.54) is 6.92 Å². The lowest BCUT2D eigenvalue weighted by Gasteiger charge is -2.59. The monoisotopic (exact) mass is 474 g/mol. The SMILES string of the molecule is CCOC(=O)CC[C@@H](C)[C@H]1CC[C@H]2C3C(=O)C[C@@H]4C[C@H](OC(C)=O)CC[C@]4(C)C3CC(=O)[C@]12C. The number of rotatable bonds is 6. The van der Waals surface area contributed by atoms with Crippen LogP contribution in [0.1, 0.15) is 92.4 Å². The van der Waals surface area contributed by atoms with Gasteiger partial charge in [0.25, 0.3) is 0 Å². The maximum Gasteiger partial charge on any atom is 0.305 e. The Kier molecular flexibility index (Phi) is 7.00. The first-order valence-electron chi connectivity index (χ1n) is 13.4. The number of carbonyl (C=O) groups is 4. The fourth-order valence-electron chi connectivity index (χ4n) is 8.68. The zero-order valence-electron chi connectivity index (χ0n) is 21.6. The van der Waals surface area contributed by atoms with Gasteiger partial charge in [0, 0.05) is 37.5 Å². The molecule has 0 N–H and O–H groups in total. The molecular weight excluding hydrogens is 432 g/mol. The topological polar surface area (TPSA) is 86.7 Å². The maximum absolute atomic E-state index is 13.9. The molecule has 4 rings (SSSR count). The molecule has 0 amide bonds. The van der Waals surface area contributed by atoms with Crippen LogP contribution in [0, 0.1) is 46.3 Å². The second-order valence-electron chi connectivity index (χ2n) is 12.0. The van der Waals surface area contributed by atoms with E-state index in [-0.39, 0.29) is 59.0 Å². The van der Waals surface area contributed by atoms with Gasteiger partial charge in [-0.1, -0.05) is 20.8 Å². The summed E-state index contributed by atoms with van der Waals surface area (Å²) in [7, 11) is 0. The Morgan fingerprint density at radius 3 is 2.50 bits per heavy atom. The maximum atomic E-state index is 13.9. The van der Waals surface area contributed by atoms with Crippen LogP contribution in [-0.4, -0.2) is 36.2 Å². The number of Topliss-reactive ketones (excluding diaryl/α,β-unsaturated/α-hetero) is 2. The summed E-state index contributed by atoms with van der Waals surface area (Å²) in [6.07, 6.45) is 6.33. The molecule has 4 saturated carbocycles. The average molecular weight is 475 g/mol. The second-order valence-corrected chi connectivity index (χ2v) is 12.0. The van der Waals surface area contributed by atoms with Gasteiger partial charge in [-0.05, 0) is 80.5 Å². The zero-order valence-corrected chi connectivity index (χ0v) is 21.6. The van der Waals surface area contributed by atoms with Crippen LogP contribution < -0.4 is 0 Å². The Hall–Kier alpha value is -1.72. The molecule has 0 spiro atoms. The molecule has 0 aromatic heterocycles. The highest BCUT2D eigenvalue weighted by Gasteiger charge is 2.66. The molecule has 9 atom stereocenters. The Balaban J connectivity index is 1.53. The van der Waals surface area contributed by atoms with E-state index in [4.69, 9.17) is 9.47 Å². The van der Waals surface area contributed by atoms with Crippen LogP contribution in [0.4, 0.5) is 0 Å². The lowest BCUT2D eigenvalue weighted by Crippen LogP contribution is -2.60. The number of ether oxygens (including phenoxy) is 2. The molecule has 0 bridgehead atoms. The molecular formula is C28H42O6. The molecule has 6 heteroatoms. The van der Waals surface area contributed by atoms with E-state index < -0.39 is 5.41 Å². The van der Waals surface area contributed by atoms with Crippen molar-refractivity contribution in [2.75, 3.05) is 6.61 Å². The van der Waals surface area contributed by atoms with E-state index in [2.05, 4.69) is 20.8 Å². The minimum absolute atomic E-state index is 0.0449. The largest absolute Gasteiger partial charge is 0.466 e. The molecule has 0 heterocycles. The first-order valence-corrected chi connectivity index (χ1v) is 13.4. The van der Waals surface area contributed by atoms with Gasteiger partial charge in [-0.3, -0.25) is 19.2 Å². The first-order chi connectivity index (χ1) is 16.0. The van der Waals surface area contributed by atoms with Crippen LogP contribution in [0.25, 0.3) is 0 Å². The first kappa shape index (κ1) is 25.4. The summed E-state index contributed by atoms with van der Waals surface area (Å²) < 4.78 is 10.6. The summed E-state index contributed by atoms with van der Waals surface area (Å²) in [6, 6.07) is 0. The lowest BCUT2D eigenvalue weighted by atomic mass is 9.43. The van der Waals surface area contributed by atoms with E-state index in [1.807, 2.05) is 6.92 Å². The van der Waals surface area contributed by atoms with Crippen molar-refractivity contribution in [1.82, 2.24) is 0 Å². The van der Waals surface area contributed by atoms with Gasteiger partial charge >= 0.3 is 11.9 Å². The molecule has 6 nitrogen and oxygen atoms in total. The van der Waals surface area contributed by atoms with Gasteiger partial charge < -0.3 is 9.47 Å². The highest BCUT2D eigenvalue weighted by molar-refractivity contribution is 5.92. The third-order valence-corrected chi connectivity index (χ3v) is 10.5. The van der Waals surface area contributed by atoms with Crippen molar-refractivity contribution < 1.29 is 28.7 Å². The van der Waals surface area contributed by atoms with E-state index >= 15 is 0 Å². The molecule has 0 aromatic carbocycles. The quantitative estimate of drug-likeness (QED) is 0.508. The molecule has 4 fully saturated rings. The van der Waals surface area contributed by atoms with Gasteiger partial charge in [-0.25, -0.2) is 0 Å². The third kappa shape index (κ3) is 4.13. The minimum atomic E-state index is -0.483. The number of fused-ring (bicyclic) bond motifs is 5. The Morgan fingerprint density at radius 1 is 1.09 bits per heavy atom. The Morgan fingerprint density at radius 2 is 1.82 bits per heavy atom. The summed E-state index contributed by atoms with van der Waals surface area (Å²) in [5, 5.41) is 0. The predicted molar refractivity (Wildman–Crippen MR) is 127 cm³/mol. The third-order valence-electron chi connectivity index (χ3n) is 10.5. The zero-order chi connectivity index (χ0) is 24.8. The van der Waals surface area contributed by atoms with Gasteiger partial charge in [0.1, 0.15) is 17.7 Å². The fraction of sp³-hybridized carbons (Fsp3) is 0.857. The summed E-state index contributed by atoms with van der Waals surface area (Å²) in [4.78, 5) is 50.9. The summed E-state index contributed by atoms with van der Waals surface area (Å²) in [6.45, 7) is 10.2. The van der Waals surface area contributed by atoms with Crippen molar-refractivity contribution in [1.29, 1.82) is 0 Å². The molecule has 0 radical (unpaired) electrons. The normalized spacial score (nSPS) is 42.3. The van der Waals surface area contributed by atoms with Crippen LogP contribution in [0.2, 0.25) is 0 Å². The van der Waals surface area contributed by atoms with E-state index in [0.29, 0.717) is 37.4 Å². The predicted octanol–water partition coefficient (Wildman–Crippen LogP) is 4.91. The number of ketones is 2. The fourth-order valence-corrected chi connectivity index (χ4v) is 8.68. The summed E-state index contributed by atoms with van der Waals surface area (Å²) in [5.41, 5.74) is -0.539. The molecule has 4 aliphatic carbocycles. The standard InChI is InChI=1S/C28H42O6/c1-6-33-25(32)10-7-16(2)20-8-9-21-26-22(15-24(31)28(20,21)5)27(4)12-11-19(34-17(3)29)13-18(27)14-23(26)30/h16,18-22,26H,6-15H2,1-5H3/t16-,18+,19-,20-,21+,22?,26?,27+,28-/m1/s1. The van der Waals surface area contributed by atoms with Crippen molar-refractivity contribution in [2.24, 2.45) is 46.3 Å². The van der Waals surface area contributed by atoms with Crippen molar-refractivity contribution in [3.05, 3.63) is 0 Å². The average Bonchev–Trinajstić information content (AvgIpc) is 3.12. The molecule has 0 aliphatic heterocycles. The molecule has 34 heavy (non-hydrogen) atoms. The second kappa shape index (κ2) is 9.39. The van der Waals surface area contributed by atoms with Gasteiger partial charge in [0.05, 0.1) is 6.61 Å². The van der Waals surface area contributed by atoms with Crippen molar-refractivity contribution in [2.45, 2.75) is 98.5 Å². The number of hydrogen-bond acceptors (Lipinski definition) is 6. The van der Waals surface area contributed by atoms with Gasteiger partial charge in [0.15, 0.2) is 0 Å². The Labute approximate surface area is 203 Å². The van der Waals surface area contributed by atoms with Gasteiger partial charge in [-0.2, -0.15) is 0 Å². The smallest absolute Gasteiger partial charge is 0.305 e. The lowest BCUT2D eigenvalue weighted by molar-refractivity contribution is -0.172. The minimum Gasteiger partial charge on any atom is -0.466 e. The number of hydrogen-bond donors (Lipinski definition) is 0. The molecule has 0 saturated heterocycles. The van der Waals surface area contributed by atoms with Crippen LogP contribution in [-0.2, 0) is 28.7 Å². The highest BCUT2D eigenvalue weighted by atomic mass is 16.5. The van der Waals surface area contributed by atoms with Crippen LogP contribution in [0.15, 0.2) is 0 Å². The van der Waals surface area contributed by atoms with Crippen molar-refractivity contribution >= 4 is 23.5 Å². The van der Waals surface area contributed by atoms with Crippen LogP contribution in [0.3, 0.4) is 0 Å². The molecule has 4 aliphatic rings. The van der Waals surface area contributed by atoms with Crippen LogP contribution >= 0.6 is 0 Å². The van der Waals surface area contributed by atoms with Crippen molar-refractivity contribution in [3.8, 4) is 0 Å². The van der Waals surface area contributed by atoms with Gasteiger partial charge in [0.2, 0.25) is 0 Å². The van der Waals surface area contributed by atoms with E-state index in [0.717, 1.165) is 38.5 Å². The number of carbonyl (C=O) groups excluding carboxylic acids is 4. The van der Waals surface area contributed by atoms with Crippen LogP contribution in [0.5, 0.6) is 0 Å². The van der Waals surface area contributed by atoms with E-state index in [1.54, 1.807) is 0 Å².